The molecule has 1 aliphatic heterocycles. The van der Waals surface area contributed by atoms with E-state index in [0.717, 1.165) is 18.5 Å². The molecule has 6 nitrogen and oxygen atoms in total. The number of benzene rings is 1. The molecule has 2 fully saturated rings. The Morgan fingerprint density at radius 3 is 2.74 bits per heavy atom. The fourth-order valence-electron chi connectivity index (χ4n) is 4.31. The van der Waals surface area contributed by atoms with Crippen LogP contribution in [0.25, 0.3) is 0 Å². The zero-order chi connectivity index (χ0) is 22.1. The van der Waals surface area contributed by atoms with Crippen LogP contribution < -0.4 is 9.47 Å². The molecule has 9 heteroatoms. The minimum Gasteiger partial charge on any atom is -0.493 e. The summed E-state index contributed by atoms with van der Waals surface area (Å²) in [6.07, 6.45) is -0.988. The van der Waals surface area contributed by atoms with Crippen LogP contribution in [0.4, 0.5) is 13.2 Å². The van der Waals surface area contributed by atoms with Crippen LogP contribution in [0, 0.1) is 5.92 Å². The third-order valence-corrected chi connectivity index (χ3v) is 5.98. The van der Waals surface area contributed by atoms with Crippen LogP contribution in [0.1, 0.15) is 28.9 Å². The maximum absolute atomic E-state index is 13.0. The highest BCUT2D eigenvalue weighted by atomic mass is 19.4. The monoisotopic (exact) mass is 436 g/mol. The SMILES string of the molecule is COc1cc(C(=O)N2CC[C@@]3(c4ccccn4)CC3C2)ccc1OCCOC(F)(F)F. The molecule has 1 aromatic heterocycles. The van der Waals surface area contributed by atoms with Crippen molar-refractivity contribution in [1.29, 1.82) is 0 Å². The highest BCUT2D eigenvalue weighted by Crippen LogP contribution is 2.58. The summed E-state index contributed by atoms with van der Waals surface area (Å²) in [6.45, 7) is 0.374. The largest absolute Gasteiger partial charge is 0.522 e. The Morgan fingerprint density at radius 2 is 2.06 bits per heavy atom. The first-order valence-electron chi connectivity index (χ1n) is 10.0. The van der Waals surface area contributed by atoms with Crippen molar-refractivity contribution in [2.24, 2.45) is 5.92 Å². The molecule has 1 saturated heterocycles. The van der Waals surface area contributed by atoms with E-state index in [1.54, 1.807) is 12.1 Å². The van der Waals surface area contributed by atoms with Gasteiger partial charge in [-0.25, -0.2) is 0 Å². The number of alkyl halides is 3. The number of aromatic nitrogens is 1. The Labute approximate surface area is 177 Å². The van der Waals surface area contributed by atoms with Crippen molar-refractivity contribution in [1.82, 2.24) is 9.88 Å². The van der Waals surface area contributed by atoms with E-state index in [0.29, 0.717) is 24.6 Å². The molecule has 31 heavy (non-hydrogen) atoms. The van der Waals surface area contributed by atoms with Gasteiger partial charge in [-0.05, 0) is 49.1 Å². The van der Waals surface area contributed by atoms with Crippen LogP contribution in [0.15, 0.2) is 42.6 Å². The van der Waals surface area contributed by atoms with E-state index < -0.39 is 13.0 Å². The average Bonchev–Trinajstić information content (AvgIpc) is 3.51. The molecular weight excluding hydrogens is 413 g/mol. The second-order valence-corrected chi connectivity index (χ2v) is 7.78. The lowest BCUT2D eigenvalue weighted by Crippen LogP contribution is -2.40. The van der Waals surface area contributed by atoms with Crippen LogP contribution in [-0.2, 0) is 10.2 Å². The third kappa shape index (κ3) is 4.61. The molecule has 1 unspecified atom stereocenters. The first-order chi connectivity index (χ1) is 14.8. The molecule has 1 saturated carbocycles. The molecule has 0 spiro atoms. The van der Waals surface area contributed by atoms with Crippen LogP contribution in [0.3, 0.4) is 0 Å². The fraction of sp³-hybridized carbons (Fsp3) is 0.455. The van der Waals surface area contributed by atoms with Crippen molar-refractivity contribution in [2.45, 2.75) is 24.6 Å². The third-order valence-electron chi connectivity index (χ3n) is 5.98. The van der Waals surface area contributed by atoms with Gasteiger partial charge in [0.15, 0.2) is 11.5 Å². The number of fused-ring (bicyclic) bond motifs is 1. The Bertz CT molecular complexity index is 938. The van der Waals surface area contributed by atoms with Crippen molar-refractivity contribution in [3.63, 3.8) is 0 Å². The lowest BCUT2D eigenvalue weighted by Gasteiger charge is -2.31. The lowest BCUT2D eigenvalue weighted by molar-refractivity contribution is -0.325. The smallest absolute Gasteiger partial charge is 0.493 e. The molecule has 0 N–H and O–H groups in total. The van der Waals surface area contributed by atoms with Gasteiger partial charge in [-0.2, -0.15) is 0 Å². The van der Waals surface area contributed by atoms with Crippen LogP contribution in [0.2, 0.25) is 0 Å². The van der Waals surface area contributed by atoms with Gasteiger partial charge in [-0.1, -0.05) is 6.07 Å². The highest BCUT2D eigenvalue weighted by molar-refractivity contribution is 5.95. The Balaban J connectivity index is 1.37. The van der Waals surface area contributed by atoms with Gasteiger partial charge < -0.3 is 14.4 Å². The Hall–Kier alpha value is -2.81. The molecule has 2 aromatic rings. The Kier molecular flexibility index (Phi) is 5.79. The maximum atomic E-state index is 13.0. The minimum atomic E-state index is -4.70. The van der Waals surface area contributed by atoms with E-state index >= 15 is 0 Å². The number of methoxy groups -OCH3 is 1. The molecule has 0 radical (unpaired) electrons. The summed E-state index contributed by atoms with van der Waals surface area (Å²) in [7, 11) is 1.41. The minimum absolute atomic E-state index is 0.0892. The molecule has 2 aliphatic rings. The van der Waals surface area contributed by atoms with E-state index in [9.17, 15) is 18.0 Å². The molecular formula is C22H23F3N2O4. The first-order valence-corrected chi connectivity index (χ1v) is 10.0. The number of piperidine rings is 1. The lowest BCUT2D eigenvalue weighted by atomic mass is 9.90. The van der Waals surface area contributed by atoms with E-state index in [1.807, 2.05) is 23.2 Å². The number of halogens is 3. The summed E-state index contributed by atoms with van der Waals surface area (Å²) in [6, 6.07) is 10.6. The summed E-state index contributed by atoms with van der Waals surface area (Å²) in [5.41, 5.74) is 1.64. The zero-order valence-electron chi connectivity index (χ0n) is 17.0. The summed E-state index contributed by atoms with van der Waals surface area (Å²) < 4.78 is 50.4. The predicted molar refractivity (Wildman–Crippen MR) is 105 cm³/mol. The maximum Gasteiger partial charge on any atom is 0.522 e. The van der Waals surface area contributed by atoms with Crippen LogP contribution >= 0.6 is 0 Å². The number of amides is 1. The summed E-state index contributed by atoms with van der Waals surface area (Å²) in [5, 5.41) is 0. The molecule has 0 bridgehead atoms. The molecule has 4 rings (SSSR count). The van der Waals surface area contributed by atoms with Crippen molar-refractivity contribution in [2.75, 3.05) is 33.4 Å². The molecule has 2 heterocycles. The highest BCUT2D eigenvalue weighted by Gasteiger charge is 2.59. The topological polar surface area (TPSA) is 60.9 Å². The van der Waals surface area contributed by atoms with Gasteiger partial charge in [0, 0.05) is 36.0 Å². The van der Waals surface area contributed by atoms with Gasteiger partial charge in [0.05, 0.1) is 13.7 Å². The number of hydrogen-bond acceptors (Lipinski definition) is 5. The van der Waals surface area contributed by atoms with Crippen molar-refractivity contribution in [3.05, 3.63) is 53.9 Å². The summed E-state index contributed by atoms with van der Waals surface area (Å²) in [5.74, 6) is 0.828. The molecule has 166 valence electrons. The fourth-order valence-corrected chi connectivity index (χ4v) is 4.31. The number of ether oxygens (including phenoxy) is 3. The van der Waals surface area contributed by atoms with Crippen molar-refractivity contribution in [3.8, 4) is 11.5 Å². The van der Waals surface area contributed by atoms with Gasteiger partial charge in [-0.3, -0.25) is 14.5 Å². The van der Waals surface area contributed by atoms with Gasteiger partial charge in [0.2, 0.25) is 0 Å². The normalized spacial score (nSPS) is 22.6. The molecule has 2 atom stereocenters. The number of rotatable bonds is 7. The van der Waals surface area contributed by atoms with Crippen molar-refractivity contribution >= 4 is 5.91 Å². The summed E-state index contributed by atoms with van der Waals surface area (Å²) in [4.78, 5) is 19.4. The van der Waals surface area contributed by atoms with E-state index in [1.165, 1.54) is 13.2 Å². The number of carbonyl (C=O) groups excluding carboxylic acids is 1. The van der Waals surface area contributed by atoms with Gasteiger partial charge in [-0.15, -0.1) is 13.2 Å². The number of hydrogen-bond donors (Lipinski definition) is 0. The second kappa shape index (κ2) is 8.37. The first kappa shape index (κ1) is 21.4. The van der Waals surface area contributed by atoms with E-state index in [4.69, 9.17) is 9.47 Å². The number of likely N-dealkylation sites (tertiary alicyclic amines) is 1. The average molecular weight is 436 g/mol. The molecule has 1 aliphatic carbocycles. The standard InChI is InChI=1S/C22H23F3N2O4/c1-29-18-12-15(5-6-17(18)30-10-11-31-22(23,24)25)20(28)27-9-7-21(13-16(21)14-27)19-4-2-3-8-26-19/h2-6,8,12,16H,7,9-11,13-14H2,1H3/t16?,21-/m1/s1. The van der Waals surface area contributed by atoms with E-state index in [2.05, 4.69) is 15.8 Å². The Morgan fingerprint density at radius 1 is 1.23 bits per heavy atom. The predicted octanol–water partition coefficient (Wildman–Crippen LogP) is 3.81. The number of carbonyl (C=O) groups is 1. The number of nitrogens with zero attached hydrogens (tertiary/aromatic N) is 2. The zero-order valence-corrected chi connectivity index (χ0v) is 17.0. The van der Waals surface area contributed by atoms with Gasteiger partial charge in [0.25, 0.3) is 5.91 Å². The quantitative estimate of drug-likeness (QED) is 0.618. The molecule has 1 aromatic carbocycles. The van der Waals surface area contributed by atoms with Crippen LogP contribution in [-0.4, -0.2) is 55.6 Å². The second-order valence-electron chi connectivity index (χ2n) is 7.78. The van der Waals surface area contributed by atoms with Gasteiger partial charge in [0.1, 0.15) is 6.61 Å². The molecule has 1 amide bonds. The summed E-state index contributed by atoms with van der Waals surface area (Å²) >= 11 is 0. The van der Waals surface area contributed by atoms with Gasteiger partial charge >= 0.3 is 6.36 Å². The van der Waals surface area contributed by atoms with Crippen LogP contribution in [0.5, 0.6) is 11.5 Å². The van der Waals surface area contributed by atoms with E-state index in [-0.39, 0.29) is 29.4 Å². The van der Waals surface area contributed by atoms with Crippen molar-refractivity contribution < 1.29 is 32.2 Å². The number of pyridine rings is 1.